The Labute approximate surface area is 125 Å². The van der Waals surface area contributed by atoms with E-state index in [2.05, 4.69) is 30.8 Å². The number of pyridine rings is 1. The van der Waals surface area contributed by atoms with Gasteiger partial charge >= 0.3 is 0 Å². The molecular formula is C10H10BrN5O3S. The van der Waals surface area contributed by atoms with Gasteiger partial charge in [0.15, 0.2) is 0 Å². The zero-order valence-electron chi connectivity index (χ0n) is 10.6. The van der Waals surface area contributed by atoms with Gasteiger partial charge in [0, 0.05) is 24.1 Å². The highest BCUT2D eigenvalue weighted by molar-refractivity contribution is 9.10. The lowest BCUT2D eigenvalue weighted by atomic mass is 10.2. The molecule has 0 bridgehead atoms. The number of aromatic nitrogens is 3. The number of hydrogen-bond acceptors (Lipinski definition) is 7. The number of rotatable bonds is 4. The third-order valence-electron chi connectivity index (χ3n) is 2.74. The molecule has 0 amide bonds. The van der Waals surface area contributed by atoms with Crippen LogP contribution in [0.1, 0.15) is 11.3 Å². The molecule has 106 valence electrons. The SMILES string of the molecule is CNc1snnc1Cn1cc([N+](=O)[O-])c(C)c(Br)c1=O. The molecule has 0 saturated heterocycles. The van der Waals surface area contributed by atoms with Gasteiger partial charge in [0.25, 0.3) is 11.2 Å². The summed E-state index contributed by atoms with van der Waals surface area (Å²) in [6, 6.07) is 0. The minimum absolute atomic E-state index is 0.116. The van der Waals surface area contributed by atoms with Gasteiger partial charge in [0.2, 0.25) is 0 Å². The van der Waals surface area contributed by atoms with E-state index in [0.717, 1.165) is 16.5 Å². The normalized spacial score (nSPS) is 10.6. The van der Waals surface area contributed by atoms with Crippen molar-refractivity contribution in [2.45, 2.75) is 13.5 Å². The van der Waals surface area contributed by atoms with Gasteiger partial charge in [0.1, 0.15) is 10.7 Å². The van der Waals surface area contributed by atoms with Crippen LogP contribution >= 0.6 is 27.5 Å². The molecule has 2 aromatic heterocycles. The predicted octanol–water partition coefficient (Wildman–Crippen LogP) is 1.77. The average Bonchev–Trinajstić information content (AvgIpc) is 2.86. The van der Waals surface area contributed by atoms with Gasteiger partial charge in [-0.05, 0) is 22.9 Å². The monoisotopic (exact) mass is 359 g/mol. The molecular weight excluding hydrogens is 350 g/mol. The summed E-state index contributed by atoms with van der Waals surface area (Å²) in [5.74, 6) is 0. The minimum atomic E-state index is -0.520. The van der Waals surface area contributed by atoms with E-state index in [1.807, 2.05) is 0 Å². The molecule has 0 aromatic carbocycles. The van der Waals surface area contributed by atoms with Crippen LogP contribution in [0.4, 0.5) is 10.7 Å². The number of halogens is 1. The summed E-state index contributed by atoms with van der Waals surface area (Å²) in [5.41, 5.74) is 0.403. The van der Waals surface area contributed by atoms with Crippen molar-refractivity contribution < 1.29 is 4.92 Å². The first-order chi connectivity index (χ1) is 9.45. The van der Waals surface area contributed by atoms with Crippen molar-refractivity contribution >= 4 is 38.2 Å². The summed E-state index contributed by atoms with van der Waals surface area (Å²) in [6.07, 6.45) is 1.22. The fourth-order valence-corrected chi connectivity index (χ4v) is 2.62. The van der Waals surface area contributed by atoms with Gasteiger partial charge in [-0.2, -0.15) is 0 Å². The van der Waals surface area contributed by atoms with Crippen molar-refractivity contribution in [3.63, 3.8) is 0 Å². The third kappa shape index (κ3) is 2.56. The van der Waals surface area contributed by atoms with E-state index in [1.54, 1.807) is 7.05 Å². The number of nitrogens with one attached hydrogen (secondary N) is 1. The molecule has 2 heterocycles. The highest BCUT2D eigenvalue weighted by Gasteiger charge is 2.19. The van der Waals surface area contributed by atoms with Crippen LogP contribution in [-0.2, 0) is 6.54 Å². The van der Waals surface area contributed by atoms with Crippen molar-refractivity contribution in [3.05, 3.63) is 42.4 Å². The molecule has 8 nitrogen and oxygen atoms in total. The maximum Gasteiger partial charge on any atom is 0.289 e. The van der Waals surface area contributed by atoms with Crippen molar-refractivity contribution in [2.75, 3.05) is 12.4 Å². The van der Waals surface area contributed by atoms with Gasteiger partial charge in [-0.15, -0.1) is 5.10 Å². The lowest BCUT2D eigenvalue weighted by Gasteiger charge is -2.07. The molecule has 0 aliphatic carbocycles. The largest absolute Gasteiger partial charge is 0.377 e. The Balaban J connectivity index is 2.52. The fourth-order valence-electron chi connectivity index (χ4n) is 1.67. The fraction of sp³-hybridized carbons (Fsp3) is 0.300. The summed E-state index contributed by atoms with van der Waals surface area (Å²) in [4.78, 5) is 22.6. The maximum absolute atomic E-state index is 12.1. The smallest absolute Gasteiger partial charge is 0.289 e. The summed E-state index contributed by atoms with van der Waals surface area (Å²) in [5, 5.41) is 18.5. The summed E-state index contributed by atoms with van der Waals surface area (Å²) in [7, 11) is 1.72. The number of nitrogens with zero attached hydrogens (tertiary/aromatic N) is 4. The average molecular weight is 360 g/mol. The standard InChI is InChI=1S/C10H10BrN5O3S/c1-5-7(16(18)19)4-15(10(17)8(5)11)3-6-9(12-2)20-14-13-6/h4,12H,3H2,1-2H3. The van der Waals surface area contributed by atoms with E-state index >= 15 is 0 Å². The van der Waals surface area contributed by atoms with Crippen molar-refractivity contribution in [3.8, 4) is 0 Å². The van der Waals surface area contributed by atoms with Gasteiger partial charge < -0.3 is 9.88 Å². The lowest BCUT2D eigenvalue weighted by molar-refractivity contribution is -0.386. The molecule has 2 rings (SSSR count). The molecule has 0 aliphatic rings. The number of anilines is 1. The Morgan fingerprint density at radius 1 is 1.60 bits per heavy atom. The first-order valence-electron chi connectivity index (χ1n) is 5.48. The van der Waals surface area contributed by atoms with E-state index in [1.165, 1.54) is 17.7 Å². The molecule has 0 saturated carbocycles. The molecule has 10 heteroatoms. The Morgan fingerprint density at radius 2 is 2.30 bits per heavy atom. The molecule has 0 fully saturated rings. The number of nitro groups is 1. The molecule has 1 N–H and O–H groups in total. The van der Waals surface area contributed by atoms with Gasteiger partial charge in [-0.1, -0.05) is 4.49 Å². The molecule has 0 radical (unpaired) electrons. The zero-order valence-corrected chi connectivity index (χ0v) is 13.0. The minimum Gasteiger partial charge on any atom is -0.377 e. The lowest BCUT2D eigenvalue weighted by Crippen LogP contribution is -2.23. The van der Waals surface area contributed by atoms with Gasteiger partial charge in [-0.25, -0.2) is 0 Å². The maximum atomic E-state index is 12.1. The quantitative estimate of drug-likeness (QED) is 0.658. The Morgan fingerprint density at radius 3 is 2.90 bits per heavy atom. The zero-order chi connectivity index (χ0) is 14.9. The van der Waals surface area contributed by atoms with Crippen LogP contribution in [0.2, 0.25) is 0 Å². The van der Waals surface area contributed by atoms with Crippen LogP contribution < -0.4 is 10.9 Å². The van der Waals surface area contributed by atoms with E-state index in [9.17, 15) is 14.9 Å². The molecule has 0 atom stereocenters. The second-order valence-electron chi connectivity index (χ2n) is 3.94. The second-order valence-corrected chi connectivity index (χ2v) is 5.49. The third-order valence-corrected chi connectivity index (χ3v) is 4.46. The van der Waals surface area contributed by atoms with Crippen LogP contribution in [0.3, 0.4) is 0 Å². The molecule has 20 heavy (non-hydrogen) atoms. The Bertz CT molecular complexity index is 726. The summed E-state index contributed by atoms with van der Waals surface area (Å²) >= 11 is 4.26. The first-order valence-corrected chi connectivity index (χ1v) is 7.05. The first kappa shape index (κ1) is 14.6. The van der Waals surface area contributed by atoms with Crippen LogP contribution in [0.5, 0.6) is 0 Å². The highest BCUT2D eigenvalue weighted by atomic mass is 79.9. The predicted molar refractivity (Wildman–Crippen MR) is 78.4 cm³/mol. The van der Waals surface area contributed by atoms with Crippen LogP contribution in [-0.4, -0.2) is 26.1 Å². The van der Waals surface area contributed by atoms with E-state index in [4.69, 9.17) is 0 Å². The topological polar surface area (TPSA) is 103 Å². The second kappa shape index (κ2) is 5.67. The van der Waals surface area contributed by atoms with E-state index < -0.39 is 4.92 Å². The molecule has 0 spiro atoms. The van der Waals surface area contributed by atoms with Crippen molar-refractivity contribution in [1.82, 2.24) is 14.2 Å². The Kier molecular flexibility index (Phi) is 4.14. The van der Waals surface area contributed by atoms with Crippen molar-refractivity contribution in [2.24, 2.45) is 0 Å². The highest BCUT2D eigenvalue weighted by Crippen LogP contribution is 2.23. The Hall–Kier alpha value is -1.81. The summed E-state index contributed by atoms with van der Waals surface area (Å²) < 4.78 is 5.21. The number of hydrogen-bond donors (Lipinski definition) is 1. The van der Waals surface area contributed by atoms with Gasteiger partial charge in [0.05, 0.1) is 22.1 Å². The molecule has 0 aliphatic heterocycles. The van der Waals surface area contributed by atoms with Crippen molar-refractivity contribution in [1.29, 1.82) is 0 Å². The van der Waals surface area contributed by atoms with E-state index in [-0.39, 0.29) is 22.3 Å². The summed E-state index contributed by atoms with van der Waals surface area (Å²) in [6.45, 7) is 1.64. The molecule has 0 unspecified atom stereocenters. The molecule has 2 aromatic rings. The van der Waals surface area contributed by atoms with Crippen LogP contribution in [0, 0.1) is 17.0 Å². The van der Waals surface area contributed by atoms with Crippen LogP contribution in [0.25, 0.3) is 0 Å². The van der Waals surface area contributed by atoms with Gasteiger partial charge in [-0.3, -0.25) is 14.9 Å². The van der Waals surface area contributed by atoms with Crippen LogP contribution in [0.15, 0.2) is 15.5 Å². The van der Waals surface area contributed by atoms with E-state index in [0.29, 0.717) is 11.3 Å².